The lowest BCUT2D eigenvalue weighted by molar-refractivity contribution is 0.402. The van der Waals surface area contributed by atoms with Crippen LogP contribution in [0.1, 0.15) is 25.7 Å². The van der Waals surface area contributed by atoms with Crippen molar-refractivity contribution in [1.82, 2.24) is 24.9 Å². The van der Waals surface area contributed by atoms with Crippen LogP contribution in [-0.2, 0) is 0 Å². The fourth-order valence-corrected chi connectivity index (χ4v) is 3.84. The zero-order chi connectivity index (χ0) is 18.2. The van der Waals surface area contributed by atoms with Crippen LogP contribution < -0.4 is 11.1 Å². The van der Waals surface area contributed by atoms with Gasteiger partial charge in [-0.25, -0.2) is 15.0 Å². The summed E-state index contributed by atoms with van der Waals surface area (Å²) in [7, 11) is 0. The molecule has 0 unspecified atom stereocenters. The smallest absolute Gasteiger partial charge is 0.223 e. The number of benzene rings is 1. The number of H-pyrrole nitrogens is 1. The van der Waals surface area contributed by atoms with Gasteiger partial charge in [0.05, 0.1) is 22.9 Å². The van der Waals surface area contributed by atoms with Crippen molar-refractivity contribution >= 4 is 27.9 Å². The Morgan fingerprint density at radius 1 is 1.07 bits per heavy atom. The molecule has 0 saturated heterocycles. The van der Waals surface area contributed by atoms with Crippen molar-refractivity contribution in [3.63, 3.8) is 0 Å². The normalized spacial score (nSPS) is 20.2. The van der Waals surface area contributed by atoms with Crippen LogP contribution in [0.15, 0.2) is 43.1 Å². The predicted molar refractivity (Wildman–Crippen MR) is 106 cm³/mol. The number of pyridine rings is 1. The Kier molecular flexibility index (Phi) is 3.94. The highest BCUT2D eigenvalue weighted by Gasteiger charge is 2.22. The number of nitrogens with zero attached hydrogens (tertiary/aromatic N) is 4. The first-order valence-electron chi connectivity index (χ1n) is 9.34. The lowest BCUT2D eigenvalue weighted by Crippen LogP contribution is -2.42. The lowest BCUT2D eigenvalue weighted by atomic mass is 9.91. The summed E-state index contributed by atoms with van der Waals surface area (Å²) in [5, 5.41) is 4.36. The number of aromatic nitrogens is 5. The van der Waals surface area contributed by atoms with E-state index in [2.05, 4.69) is 31.3 Å². The average molecular weight is 359 g/mol. The maximum Gasteiger partial charge on any atom is 0.223 e. The van der Waals surface area contributed by atoms with E-state index in [1.807, 2.05) is 24.5 Å². The maximum atomic E-state index is 6.27. The summed E-state index contributed by atoms with van der Waals surface area (Å²) in [5.41, 5.74) is 11.1. The zero-order valence-corrected chi connectivity index (χ0v) is 14.9. The molecule has 0 amide bonds. The number of aromatic amines is 1. The summed E-state index contributed by atoms with van der Waals surface area (Å²) in [6, 6.07) is 6.50. The molecule has 0 radical (unpaired) electrons. The van der Waals surface area contributed by atoms with Gasteiger partial charge >= 0.3 is 0 Å². The van der Waals surface area contributed by atoms with Crippen LogP contribution in [0.4, 0.5) is 5.95 Å². The third kappa shape index (κ3) is 3.00. The highest BCUT2D eigenvalue weighted by molar-refractivity contribution is 5.94. The minimum Gasteiger partial charge on any atom is -0.350 e. The molecule has 1 fully saturated rings. The predicted octanol–water partition coefficient (Wildman–Crippen LogP) is 3.25. The molecule has 0 aliphatic heterocycles. The van der Waals surface area contributed by atoms with E-state index in [-0.39, 0.29) is 12.1 Å². The number of imidazole rings is 1. The van der Waals surface area contributed by atoms with Crippen molar-refractivity contribution in [2.45, 2.75) is 37.8 Å². The molecule has 4 aromatic rings. The molecule has 1 aliphatic rings. The second kappa shape index (κ2) is 6.59. The second-order valence-corrected chi connectivity index (χ2v) is 7.15. The Bertz CT molecular complexity index is 1100. The van der Waals surface area contributed by atoms with Crippen molar-refractivity contribution in [2.75, 3.05) is 5.32 Å². The number of nitrogens with one attached hydrogen (secondary N) is 2. The summed E-state index contributed by atoms with van der Waals surface area (Å²) < 4.78 is 0. The van der Waals surface area contributed by atoms with Gasteiger partial charge in [-0.05, 0) is 30.5 Å². The first-order valence-corrected chi connectivity index (χ1v) is 9.34. The number of hydrogen-bond donors (Lipinski definition) is 3. The fourth-order valence-electron chi connectivity index (χ4n) is 3.84. The Balaban J connectivity index is 1.56. The van der Waals surface area contributed by atoms with Crippen molar-refractivity contribution in [2.24, 2.45) is 5.73 Å². The third-order valence-electron chi connectivity index (χ3n) is 5.35. The van der Waals surface area contributed by atoms with Gasteiger partial charge in [0.15, 0.2) is 0 Å². The molecular formula is C20H21N7. The van der Waals surface area contributed by atoms with Gasteiger partial charge in [0.25, 0.3) is 0 Å². The molecule has 136 valence electrons. The molecule has 2 atom stereocenters. The van der Waals surface area contributed by atoms with E-state index >= 15 is 0 Å². The molecule has 1 aliphatic carbocycles. The number of nitrogens with two attached hydrogens (primary N) is 1. The molecule has 1 saturated carbocycles. The molecule has 1 aromatic carbocycles. The Labute approximate surface area is 156 Å². The standard InChI is InChI=1S/C20H21N7/c21-15-3-1-2-4-16(15)26-20-23-9-13-8-22-10-14(19(13)27-20)12-5-6-17-18(7-12)25-11-24-17/h5-11,15-16H,1-4,21H2,(H,24,25)(H,23,26,27)/t15-,16+/m0/s1. The molecule has 0 spiro atoms. The van der Waals surface area contributed by atoms with E-state index in [9.17, 15) is 0 Å². The van der Waals surface area contributed by atoms with Crippen molar-refractivity contribution in [1.29, 1.82) is 0 Å². The summed E-state index contributed by atoms with van der Waals surface area (Å²) in [6.45, 7) is 0. The van der Waals surface area contributed by atoms with Gasteiger partial charge in [-0.15, -0.1) is 0 Å². The fraction of sp³-hybridized carbons (Fsp3) is 0.300. The molecule has 5 rings (SSSR count). The van der Waals surface area contributed by atoms with Gasteiger partial charge in [-0.3, -0.25) is 4.98 Å². The highest BCUT2D eigenvalue weighted by atomic mass is 15.1. The number of hydrogen-bond acceptors (Lipinski definition) is 6. The van der Waals surface area contributed by atoms with Crippen LogP contribution in [0.2, 0.25) is 0 Å². The monoisotopic (exact) mass is 359 g/mol. The van der Waals surface area contributed by atoms with Gasteiger partial charge < -0.3 is 16.0 Å². The van der Waals surface area contributed by atoms with E-state index < -0.39 is 0 Å². The van der Waals surface area contributed by atoms with Crippen LogP contribution in [0.3, 0.4) is 0 Å². The van der Waals surface area contributed by atoms with Crippen LogP contribution in [0.5, 0.6) is 0 Å². The Hall–Kier alpha value is -3.06. The van der Waals surface area contributed by atoms with E-state index in [1.165, 1.54) is 12.8 Å². The zero-order valence-electron chi connectivity index (χ0n) is 14.9. The molecule has 7 nitrogen and oxygen atoms in total. The van der Waals surface area contributed by atoms with E-state index in [0.717, 1.165) is 45.9 Å². The number of rotatable bonds is 3. The summed E-state index contributed by atoms with van der Waals surface area (Å²) in [4.78, 5) is 21.1. The molecule has 3 heterocycles. The SMILES string of the molecule is N[C@H]1CCCC[C@H]1Nc1ncc2cncc(-c3ccc4nc[nH]c4c3)c2n1. The van der Waals surface area contributed by atoms with Gasteiger partial charge in [0.2, 0.25) is 5.95 Å². The molecule has 3 aromatic heterocycles. The van der Waals surface area contributed by atoms with Gasteiger partial charge in [0.1, 0.15) is 0 Å². The summed E-state index contributed by atoms with van der Waals surface area (Å²) in [6.07, 6.45) is 11.7. The minimum atomic E-state index is 0.151. The van der Waals surface area contributed by atoms with E-state index in [4.69, 9.17) is 10.7 Å². The maximum absolute atomic E-state index is 6.27. The van der Waals surface area contributed by atoms with Crippen molar-refractivity contribution < 1.29 is 0 Å². The van der Waals surface area contributed by atoms with Crippen LogP contribution in [0, 0.1) is 0 Å². The second-order valence-electron chi connectivity index (χ2n) is 7.15. The molecular weight excluding hydrogens is 338 g/mol. The van der Waals surface area contributed by atoms with Crippen LogP contribution in [0.25, 0.3) is 33.1 Å². The third-order valence-corrected chi connectivity index (χ3v) is 5.35. The van der Waals surface area contributed by atoms with Crippen LogP contribution in [-0.4, -0.2) is 37.0 Å². The highest BCUT2D eigenvalue weighted by Crippen LogP contribution is 2.29. The van der Waals surface area contributed by atoms with E-state index in [1.54, 1.807) is 12.5 Å². The lowest BCUT2D eigenvalue weighted by Gasteiger charge is -2.29. The number of anilines is 1. The van der Waals surface area contributed by atoms with Gasteiger partial charge in [-0.1, -0.05) is 18.9 Å². The van der Waals surface area contributed by atoms with Gasteiger partial charge in [-0.2, -0.15) is 0 Å². The van der Waals surface area contributed by atoms with Crippen molar-refractivity contribution in [3.8, 4) is 11.1 Å². The Morgan fingerprint density at radius 2 is 2.00 bits per heavy atom. The topological polar surface area (TPSA) is 105 Å². The average Bonchev–Trinajstić information content (AvgIpc) is 3.17. The van der Waals surface area contributed by atoms with E-state index in [0.29, 0.717) is 5.95 Å². The quantitative estimate of drug-likeness (QED) is 0.518. The molecule has 27 heavy (non-hydrogen) atoms. The molecule has 0 bridgehead atoms. The number of fused-ring (bicyclic) bond motifs is 2. The summed E-state index contributed by atoms with van der Waals surface area (Å²) in [5.74, 6) is 0.625. The van der Waals surface area contributed by atoms with Crippen LogP contribution >= 0.6 is 0 Å². The Morgan fingerprint density at radius 3 is 2.93 bits per heavy atom. The molecule has 4 N–H and O–H groups in total. The van der Waals surface area contributed by atoms with Crippen molar-refractivity contribution in [3.05, 3.63) is 43.1 Å². The first kappa shape index (κ1) is 16.1. The van der Waals surface area contributed by atoms with Gasteiger partial charge in [0, 0.05) is 41.6 Å². The largest absolute Gasteiger partial charge is 0.350 e. The first-order chi connectivity index (χ1) is 13.3. The minimum absolute atomic E-state index is 0.151. The summed E-state index contributed by atoms with van der Waals surface area (Å²) >= 11 is 0. The molecule has 7 heteroatoms.